The first-order valence-electron chi connectivity index (χ1n) is 17.5. The lowest BCUT2D eigenvalue weighted by Crippen LogP contribution is -2.36. The number of furan rings is 1. The van der Waals surface area contributed by atoms with E-state index in [1.54, 1.807) is 0 Å². The zero-order valence-corrected chi connectivity index (χ0v) is 28.7. The molecule has 0 bridgehead atoms. The van der Waals surface area contributed by atoms with Gasteiger partial charge in [-0.1, -0.05) is 133 Å². The number of rotatable bonds is 4. The Bertz CT molecular complexity index is 3120. The molecule has 0 saturated carbocycles. The van der Waals surface area contributed by atoms with E-state index in [9.17, 15) is 0 Å². The molecule has 5 heteroatoms. The fourth-order valence-corrected chi connectivity index (χ4v) is 9.17. The van der Waals surface area contributed by atoms with Gasteiger partial charge < -0.3 is 9.73 Å². The third kappa shape index (κ3) is 4.53. The van der Waals surface area contributed by atoms with Crippen molar-refractivity contribution in [3.05, 3.63) is 180 Å². The molecular formula is C47H29N3OS. The van der Waals surface area contributed by atoms with Gasteiger partial charge in [0.05, 0.1) is 0 Å². The van der Waals surface area contributed by atoms with Crippen LogP contribution in [0.1, 0.15) is 22.9 Å². The van der Waals surface area contributed by atoms with Crippen LogP contribution in [0.2, 0.25) is 0 Å². The van der Waals surface area contributed by atoms with E-state index in [2.05, 4.69) is 151 Å². The normalized spacial score (nSPS) is 14.7. The summed E-state index contributed by atoms with van der Waals surface area (Å²) in [5.41, 5.74) is 7.12. The smallest absolute Gasteiger partial charge is 0.170 e. The molecule has 8 aromatic carbocycles. The van der Waals surface area contributed by atoms with Crippen LogP contribution in [-0.4, -0.2) is 11.7 Å². The summed E-state index contributed by atoms with van der Waals surface area (Å²) in [6.07, 6.45) is -0.504. The van der Waals surface area contributed by atoms with Gasteiger partial charge in [0.25, 0.3) is 0 Å². The molecule has 1 N–H and O–H groups in total. The van der Waals surface area contributed by atoms with Crippen LogP contribution in [0.25, 0.3) is 74.8 Å². The maximum absolute atomic E-state index is 6.53. The Balaban J connectivity index is 1.13. The predicted octanol–water partition coefficient (Wildman–Crippen LogP) is 12.4. The summed E-state index contributed by atoms with van der Waals surface area (Å²) in [6, 6.07) is 57.9. The zero-order valence-electron chi connectivity index (χ0n) is 27.9. The average molecular weight is 684 g/mol. The van der Waals surface area contributed by atoms with Gasteiger partial charge in [-0.05, 0) is 63.0 Å². The minimum absolute atomic E-state index is 0.504. The highest BCUT2D eigenvalue weighted by Gasteiger charge is 2.25. The minimum Gasteiger partial charge on any atom is -0.456 e. The highest BCUT2D eigenvalue weighted by molar-refractivity contribution is 7.26. The van der Waals surface area contributed by atoms with E-state index in [1.807, 2.05) is 29.5 Å². The van der Waals surface area contributed by atoms with Crippen molar-refractivity contribution in [3.63, 3.8) is 0 Å². The fraction of sp³-hybridized carbons (Fsp3) is 0.0213. The van der Waals surface area contributed by atoms with E-state index in [0.717, 1.165) is 61.2 Å². The maximum Gasteiger partial charge on any atom is 0.170 e. The number of amidine groups is 2. The van der Waals surface area contributed by atoms with Gasteiger partial charge in [0, 0.05) is 47.6 Å². The van der Waals surface area contributed by atoms with Crippen molar-refractivity contribution in [2.45, 2.75) is 6.17 Å². The number of nitrogens with zero attached hydrogens (tertiary/aromatic N) is 2. The third-order valence-electron chi connectivity index (χ3n) is 10.3. The van der Waals surface area contributed by atoms with E-state index in [4.69, 9.17) is 14.4 Å². The summed E-state index contributed by atoms with van der Waals surface area (Å²) in [5.74, 6) is 1.58. The van der Waals surface area contributed by atoms with Crippen molar-refractivity contribution in [2.75, 3.05) is 0 Å². The Morgan fingerprint density at radius 1 is 0.481 bits per heavy atom. The third-order valence-corrected chi connectivity index (χ3v) is 11.6. The monoisotopic (exact) mass is 683 g/mol. The maximum atomic E-state index is 6.53. The summed E-state index contributed by atoms with van der Waals surface area (Å²) in [6.45, 7) is 0. The second-order valence-electron chi connectivity index (χ2n) is 13.3. The topological polar surface area (TPSA) is 49.9 Å². The number of fused-ring (bicyclic) bond motifs is 9. The molecule has 0 aliphatic carbocycles. The van der Waals surface area contributed by atoms with Crippen LogP contribution in [-0.2, 0) is 0 Å². The number of aliphatic imine (C=N–C) groups is 2. The molecule has 52 heavy (non-hydrogen) atoms. The molecule has 0 spiro atoms. The molecule has 1 unspecified atom stereocenters. The van der Waals surface area contributed by atoms with Gasteiger partial charge in [-0.15, -0.1) is 11.3 Å². The number of hydrogen-bond acceptors (Lipinski definition) is 5. The van der Waals surface area contributed by atoms with Crippen LogP contribution in [0.4, 0.5) is 0 Å². The molecule has 0 saturated heterocycles. The number of thiophene rings is 1. The molecule has 3 heterocycles. The van der Waals surface area contributed by atoms with Crippen LogP contribution in [0.15, 0.2) is 178 Å². The molecular weight excluding hydrogens is 655 g/mol. The van der Waals surface area contributed by atoms with Crippen LogP contribution >= 0.6 is 11.3 Å². The van der Waals surface area contributed by atoms with E-state index in [0.29, 0.717) is 0 Å². The van der Waals surface area contributed by atoms with Gasteiger partial charge in [0.2, 0.25) is 0 Å². The summed E-state index contributed by atoms with van der Waals surface area (Å²) in [4.78, 5) is 10.7. The molecule has 1 aliphatic rings. The standard InChI is InChI=1S/C47H29N3OS/c1-2-12-28(13-3-1)45-48-46(50-47(49-45)38-26-29-14-4-5-15-31(29)33-16-6-7-17-34(33)38)37-21-11-22-41-43(37)39-27-30(24-25-40(39)51-41)32-19-10-20-36-35-18-8-9-23-42(35)52-44(32)36/h1-27,46H,(H,48,49,50). The minimum atomic E-state index is -0.504. The van der Waals surface area contributed by atoms with Crippen molar-refractivity contribution in [2.24, 2.45) is 9.98 Å². The van der Waals surface area contributed by atoms with Crippen molar-refractivity contribution in [1.29, 1.82) is 0 Å². The molecule has 4 nitrogen and oxygen atoms in total. The second kappa shape index (κ2) is 11.5. The average Bonchev–Trinajstić information content (AvgIpc) is 3.79. The van der Waals surface area contributed by atoms with Gasteiger partial charge in [-0.25, -0.2) is 9.98 Å². The fourth-order valence-electron chi connectivity index (χ4n) is 7.93. The quantitative estimate of drug-likeness (QED) is 0.188. The van der Waals surface area contributed by atoms with Crippen molar-refractivity contribution in [3.8, 4) is 11.1 Å². The van der Waals surface area contributed by atoms with E-state index in [1.165, 1.54) is 41.9 Å². The van der Waals surface area contributed by atoms with Gasteiger partial charge >= 0.3 is 0 Å². The Kier molecular flexibility index (Phi) is 6.45. The number of nitrogens with one attached hydrogen (secondary N) is 1. The van der Waals surface area contributed by atoms with Gasteiger partial charge in [-0.3, -0.25) is 0 Å². The molecule has 2 aromatic heterocycles. The van der Waals surface area contributed by atoms with Crippen molar-refractivity contribution >= 4 is 86.7 Å². The van der Waals surface area contributed by atoms with Crippen LogP contribution in [0.5, 0.6) is 0 Å². The zero-order chi connectivity index (χ0) is 34.2. The van der Waals surface area contributed by atoms with Crippen LogP contribution in [0, 0.1) is 0 Å². The summed E-state index contributed by atoms with van der Waals surface area (Å²) >= 11 is 1.85. The van der Waals surface area contributed by atoms with Crippen LogP contribution in [0.3, 0.4) is 0 Å². The largest absolute Gasteiger partial charge is 0.456 e. The Morgan fingerprint density at radius 2 is 1.21 bits per heavy atom. The predicted molar refractivity (Wildman–Crippen MR) is 219 cm³/mol. The highest BCUT2D eigenvalue weighted by atomic mass is 32.1. The first kappa shape index (κ1) is 29.2. The van der Waals surface area contributed by atoms with Gasteiger partial charge in [0.1, 0.15) is 22.8 Å². The second-order valence-corrected chi connectivity index (χ2v) is 14.4. The van der Waals surface area contributed by atoms with Crippen LogP contribution < -0.4 is 5.32 Å². The molecule has 0 fully saturated rings. The van der Waals surface area contributed by atoms with Gasteiger partial charge in [0.15, 0.2) is 6.17 Å². The lowest BCUT2D eigenvalue weighted by molar-refractivity contribution is 0.667. The first-order valence-corrected chi connectivity index (χ1v) is 18.3. The lowest BCUT2D eigenvalue weighted by Gasteiger charge is -2.24. The van der Waals surface area contributed by atoms with Gasteiger partial charge in [-0.2, -0.15) is 0 Å². The number of hydrogen-bond donors (Lipinski definition) is 1. The molecule has 1 aliphatic heterocycles. The van der Waals surface area contributed by atoms with E-state index in [-0.39, 0.29) is 0 Å². The molecule has 10 aromatic rings. The van der Waals surface area contributed by atoms with Crippen molar-refractivity contribution < 1.29 is 4.42 Å². The van der Waals surface area contributed by atoms with E-state index < -0.39 is 6.17 Å². The Morgan fingerprint density at radius 3 is 2.12 bits per heavy atom. The summed E-state index contributed by atoms with van der Waals surface area (Å²) in [5, 5.41) is 13.1. The summed E-state index contributed by atoms with van der Waals surface area (Å²) < 4.78 is 9.12. The Hall–Kier alpha value is -6.56. The molecule has 0 amide bonds. The molecule has 11 rings (SSSR count). The molecule has 0 radical (unpaired) electrons. The van der Waals surface area contributed by atoms with E-state index >= 15 is 0 Å². The van der Waals surface area contributed by atoms with Crippen molar-refractivity contribution in [1.82, 2.24) is 5.32 Å². The molecule has 244 valence electrons. The SMILES string of the molecule is c1ccc(C2=NC(c3cccc4oc5ccc(-c6cccc7c6sc6ccccc67)cc5c34)N=C(c3cc4ccccc4c4ccccc34)N2)cc1. The Labute approximate surface area is 303 Å². The summed E-state index contributed by atoms with van der Waals surface area (Å²) in [7, 11) is 0. The molecule has 1 atom stereocenters. The first-order chi connectivity index (χ1) is 25.8. The number of benzene rings is 8. The lowest BCUT2D eigenvalue weighted by atomic mass is 9.96. The highest BCUT2D eigenvalue weighted by Crippen LogP contribution is 2.43.